The maximum atomic E-state index is 13.3. The fourth-order valence-corrected chi connectivity index (χ4v) is 4.62. The number of hydrogen-bond acceptors (Lipinski definition) is 3. The van der Waals surface area contributed by atoms with E-state index in [9.17, 15) is 14.4 Å². The minimum absolute atomic E-state index is 0.0124. The van der Waals surface area contributed by atoms with Gasteiger partial charge in [-0.1, -0.05) is 32.0 Å². The molecule has 1 saturated carbocycles. The van der Waals surface area contributed by atoms with E-state index >= 15 is 0 Å². The molecule has 2 atom stereocenters. The standard InChI is InChI=1S/C27H33N3O3/c1-3-15-30(23-13-16-29(17-14-23)26(32)20-7-5-4-6-8-20)27(33)21-9-11-22(12-10-21)28-25(31)24-18-19(24)2/h4-12,19,23-24H,3,13-18H2,1-2H3,(H,28,31). The van der Waals surface area contributed by atoms with Gasteiger partial charge >= 0.3 is 0 Å². The number of carbonyl (C=O) groups is 3. The third-order valence-corrected chi connectivity index (χ3v) is 6.78. The molecule has 0 aromatic heterocycles. The van der Waals surface area contributed by atoms with Gasteiger partial charge in [-0.25, -0.2) is 0 Å². The molecule has 2 fully saturated rings. The van der Waals surface area contributed by atoms with E-state index in [1.807, 2.05) is 52.3 Å². The van der Waals surface area contributed by atoms with Gasteiger partial charge in [0.1, 0.15) is 0 Å². The van der Waals surface area contributed by atoms with Crippen molar-refractivity contribution in [1.29, 1.82) is 0 Å². The Balaban J connectivity index is 1.36. The van der Waals surface area contributed by atoms with E-state index in [4.69, 9.17) is 0 Å². The molecule has 1 aliphatic carbocycles. The normalized spacial score (nSPS) is 20.2. The number of hydrogen-bond donors (Lipinski definition) is 1. The predicted molar refractivity (Wildman–Crippen MR) is 129 cm³/mol. The van der Waals surface area contributed by atoms with Crippen molar-refractivity contribution < 1.29 is 14.4 Å². The molecule has 2 unspecified atom stereocenters. The number of rotatable bonds is 7. The van der Waals surface area contributed by atoms with E-state index in [0.29, 0.717) is 36.7 Å². The van der Waals surface area contributed by atoms with Gasteiger partial charge in [-0.05, 0) is 68.0 Å². The molecule has 1 heterocycles. The van der Waals surface area contributed by atoms with Crippen molar-refractivity contribution in [3.63, 3.8) is 0 Å². The average Bonchev–Trinajstić information content (AvgIpc) is 3.59. The van der Waals surface area contributed by atoms with Crippen LogP contribution in [0.3, 0.4) is 0 Å². The van der Waals surface area contributed by atoms with Crippen molar-refractivity contribution in [3.8, 4) is 0 Å². The first kappa shape index (κ1) is 23.0. The Morgan fingerprint density at radius 3 is 2.18 bits per heavy atom. The number of amides is 3. The largest absolute Gasteiger partial charge is 0.338 e. The molecule has 2 aliphatic rings. The molecule has 1 saturated heterocycles. The van der Waals surface area contributed by atoms with Gasteiger partial charge in [-0.3, -0.25) is 14.4 Å². The van der Waals surface area contributed by atoms with E-state index in [1.165, 1.54) is 0 Å². The fourth-order valence-electron chi connectivity index (χ4n) is 4.62. The molecule has 33 heavy (non-hydrogen) atoms. The second kappa shape index (κ2) is 10.2. The zero-order chi connectivity index (χ0) is 23.4. The Labute approximate surface area is 196 Å². The maximum absolute atomic E-state index is 13.3. The summed E-state index contributed by atoms with van der Waals surface area (Å²) in [6, 6.07) is 16.7. The quantitative estimate of drug-likeness (QED) is 0.682. The molecule has 2 aromatic rings. The zero-order valence-corrected chi connectivity index (χ0v) is 19.5. The summed E-state index contributed by atoms with van der Waals surface area (Å²) in [5.41, 5.74) is 2.07. The number of piperidine rings is 1. The van der Waals surface area contributed by atoms with Crippen LogP contribution in [0.4, 0.5) is 5.69 Å². The number of nitrogens with one attached hydrogen (secondary N) is 1. The molecule has 6 nitrogen and oxygen atoms in total. The molecule has 2 aromatic carbocycles. The summed E-state index contributed by atoms with van der Waals surface area (Å²) < 4.78 is 0. The minimum atomic E-state index is 0.0124. The number of likely N-dealkylation sites (tertiary alicyclic amines) is 1. The van der Waals surface area contributed by atoms with Crippen molar-refractivity contribution >= 4 is 23.4 Å². The molecular formula is C27H33N3O3. The van der Waals surface area contributed by atoms with Gasteiger partial charge in [0.15, 0.2) is 0 Å². The number of nitrogens with zero attached hydrogens (tertiary/aromatic N) is 2. The molecule has 0 radical (unpaired) electrons. The van der Waals surface area contributed by atoms with Crippen molar-refractivity contribution in [2.75, 3.05) is 25.0 Å². The van der Waals surface area contributed by atoms with Crippen LogP contribution in [0.2, 0.25) is 0 Å². The van der Waals surface area contributed by atoms with Crippen LogP contribution in [-0.2, 0) is 4.79 Å². The molecular weight excluding hydrogens is 414 g/mol. The lowest BCUT2D eigenvalue weighted by Crippen LogP contribution is -2.49. The molecule has 6 heteroatoms. The maximum Gasteiger partial charge on any atom is 0.254 e. The molecule has 174 valence electrons. The number of anilines is 1. The second-order valence-corrected chi connectivity index (χ2v) is 9.27. The summed E-state index contributed by atoms with van der Waals surface area (Å²) >= 11 is 0. The van der Waals surface area contributed by atoms with Gasteiger partial charge in [0.05, 0.1) is 0 Å². The Morgan fingerprint density at radius 2 is 1.61 bits per heavy atom. The van der Waals surface area contributed by atoms with Crippen molar-refractivity contribution in [3.05, 3.63) is 65.7 Å². The molecule has 0 bridgehead atoms. The van der Waals surface area contributed by atoms with E-state index in [1.54, 1.807) is 12.1 Å². The van der Waals surface area contributed by atoms with E-state index < -0.39 is 0 Å². The van der Waals surface area contributed by atoms with Crippen LogP contribution in [0, 0.1) is 11.8 Å². The molecule has 4 rings (SSSR count). The van der Waals surface area contributed by atoms with Gasteiger partial charge in [-0.15, -0.1) is 0 Å². The van der Waals surface area contributed by atoms with Crippen LogP contribution in [0.15, 0.2) is 54.6 Å². The summed E-state index contributed by atoms with van der Waals surface area (Å²) in [6.07, 6.45) is 3.38. The summed E-state index contributed by atoms with van der Waals surface area (Å²) in [7, 11) is 0. The lowest BCUT2D eigenvalue weighted by molar-refractivity contribution is -0.117. The van der Waals surface area contributed by atoms with Crippen LogP contribution in [0.25, 0.3) is 0 Å². The van der Waals surface area contributed by atoms with Crippen molar-refractivity contribution in [1.82, 2.24) is 9.80 Å². The van der Waals surface area contributed by atoms with Gasteiger partial charge in [-0.2, -0.15) is 0 Å². The smallest absolute Gasteiger partial charge is 0.254 e. The Morgan fingerprint density at radius 1 is 0.970 bits per heavy atom. The van der Waals surface area contributed by atoms with Gasteiger partial charge in [0.25, 0.3) is 11.8 Å². The van der Waals surface area contributed by atoms with Gasteiger partial charge < -0.3 is 15.1 Å². The summed E-state index contributed by atoms with van der Waals surface area (Å²) in [5.74, 6) is 0.707. The highest BCUT2D eigenvalue weighted by Crippen LogP contribution is 2.38. The van der Waals surface area contributed by atoms with Crippen LogP contribution >= 0.6 is 0 Å². The molecule has 1 aliphatic heterocycles. The molecule has 1 N–H and O–H groups in total. The Hall–Kier alpha value is -3.15. The highest BCUT2D eigenvalue weighted by molar-refractivity contribution is 5.97. The van der Waals surface area contributed by atoms with Crippen LogP contribution in [0.1, 0.15) is 60.2 Å². The predicted octanol–water partition coefficient (Wildman–Crippen LogP) is 4.44. The van der Waals surface area contributed by atoms with E-state index in [2.05, 4.69) is 19.2 Å². The third kappa shape index (κ3) is 5.44. The van der Waals surface area contributed by atoms with Gasteiger partial charge in [0.2, 0.25) is 5.91 Å². The lowest BCUT2D eigenvalue weighted by atomic mass is 10.0. The molecule has 3 amide bonds. The van der Waals surface area contributed by atoms with Crippen LogP contribution in [-0.4, -0.2) is 53.2 Å². The summed E-state index contributed by atoms with van der Waals surface area (Å²) in [4.78, 5) is 42.1. The first-order valence-corrected chi connectivity index (χ1v) is 12.0. The van der Waals surface area contributed by atoms with E-state index in [-0.39, 0.29) is 29.7 Å². The summed E-state index contributed by atoms with van der Waals surface area (Å²) in [5, 5.41) is 2.95. The van der Waals surface area contributed by atoms with Gasteiger partial charge in [0, 0.05) is 48.4 Å². The third-order valence-electron chi connectivity index (χ3n) is 6.78. The highest BCUT2D eigenvalue weighted by Gasteiger charge is 2.39. The number of benzene rings is 2. The first-order valence-electron chi connectivity index (χ1n) is 12.0. The zero-order valence-electron chi connectivity index (χ0n) is 19.5. The van der Waals surface area contributed by atoms with Crippen molar-refractivity contribution in [2.45, 2.75) is 45.6 Å². The topological polar surface area (TPSA) is 69.7 Å². The second-order valence-electron chi connectivity index (χ2n) is 9.27. The minimum Gasteiger partial charge on any atom is -0.338 e. The lowest BCUT2D eigenvalue weighted by Gasteiger charge is -2.38. The monoisotopic (exact) mass is 447 g/mol. The van der Waals surface area contributed by atoms with Crippen molar-refractivity contribution in [2.24, 2.45) is 11.8 Å². The van der Waals surface area contributed by atoms with Crippen LogP contribution < -0.4 is 5.32 Å². The van der Waals surface area contributed by atoms with E-state index in [0.717, 1.165) is 31.4 Å². The average molecular weight is 448 g/mol. The van der Waals surface area contributed by atoms with Crippen LogP contribution in [0.5, 0.6) is 0 Å². The first-order chi connectivity index (χ1) is 16.0. The number of carbonyl (C=O) groups excluding carboxylic acids is 3. The Bertz CT molecular complexity index is 981. The highest BCUT2D eigenvalue weighted by atomic mass is 16.2. The SMILES string of the molecule is CCCN(C(=O)c1ccc(NC(=O)C2CC2C)cc1)C1CCN(C(=O)c2ccccc2)CC1. The summed E-state index contributed by atoms with van der Waals surface area (Å²) in [6.45, 7) is 6.14. The Kier molecular flexibility index (Phi) is 7.11. The molecule has 0 spiro atoms. The fraction of sp³-hybridized carbons (Fsp3) is 0.444.